The van der Waals surface area contributed by atoms with Gasteiger partial charge >= 0.3 is 0 Å². The van der Waals surface area contributed by atoms with Crippen LogP contribution in [0.25, 0.3) is 11.6 Å². The van der Waals surface area contributed by atoms with E-state index in [0.29, 0.717) is 15.4 Å². The SMILES string of the molecule is COc1ccccc1/C(=C/c1ccc(Cl)cc1Cl)CBr. The van der Waals surface area contributed by atoms with Crippen LogP contribution in [-0.2, 0) is 0 Å². The van der Waals surface area contributed by atoms with Crippen molar-refractivity contribution >= 4 is 50.8 Å². The van der Waals surface area contributed by atoms with Gasteiger partial charge in [-0.05, 0) is 35.4 Å². The summed E-state index contributed by atoms with van der Waals surface area (Å²) >= 11 is 15.7. The van der Waals surface area contributed by atoms with Crippen LogP contribution in [-0.4, -0.2) is 12.4 Å². The molecule has 0 atom stereocenters. The highest BCUT2D eigenvalue weighted by molar-refractivity contribution is 9.09. The Kier molecular flexibility index (Phi) is 5.53. The van der Waals surface area contributed by atoms with Crippen molar-refractivity contribution in [3.8, 4) is 5.75 Å². The highest BCUT2D eigenvalue weighted by Gasteiger charge is 2.08. The first-order valence-corrected chi connectivity index (χ1v) is 7.88. The predicted molar refractivity (Wildman–Crippen MR) is 91.1 cm³/mol. The van der Waals surface area contributed by atoms with E-state index in [4.69, 9.17) is 27.9 Å². The third kappa shape index (κ3) is 3.57. The molecule has 0 spiro atoms. The van der Waals surface area contributed by atoms with Crippen LogP contribution < -0.4 is 4.74 Å². The van der Waals surface area contributed by atoms with Gasteiger partial charge in [0.1, 0.15) is 5.75 Å². The van der Waals surface area contributed by atoms with E-state index in [2.05, 4.69) is 15.9 Å². The maximum atomic E-state index is 6.22. The van der Waals surface area contributed by atoms with E-state index in [9.17, 15) is 0 Å². The summed E-state index contributed by atoms with van der Waals surface area (Å²) < 4.78 is 5.40. The van der Waals surface area contributed by atoms with Crippen molar-refractivity contribution in [2.24, 2.45) is 0 Å². The Morgan fingerprint density at radius 3 is 2.60 bits per heavy atom. The van der Waals surface area contributed by atoms with Crippen LogP contribution in [0.15, 0.2) is 42.5 Å². The number of rotatable bonds is 4. The van der Waals surface area contributed by atoms with Gasteiger partial charge in [-0.15, -0.1) is 0 Å². The lowest BCUT2D eigenvalue weighted by atomic mass is 10.0. The molecule has 0 saturated carbocycles. The number of hydrogen-bond donors (Lipinski definition) is 0. The zero-order valence-corrected chi connectivity index (χ0v) is 14.0. The smallest absolute Gasteiger partial charge is 0.126 e. The predicted octanol–water partition coefficient (Wildman–Crippen LogP) is 5.94. The van der Waals surface area contributed by atoms with Gasteiger partial charge in [0.15, 0.2) is 0 Å². The molecule has 0 radical (unpaired) electrons. The van der Waals surface area contributed by atoms with Crippen molar-refractivity contribution in [1.82, 2.24) is 0 Å². The van der Waals surface area contributed by atoms with E-state index in [1.807, 2.05) is 42.5 Å². The number of allylic oxidation sites excluding steroid dienone is 1. The molecule has 20 heavy (non-hydrogen) atoms. The fourth-order valence-corrected chi connectivity index (χ4v) is 2.83. The number of alkyl halides is 1. The van der Waals surface area contributed by atoms with Gasteiger partial charge in [-0.1, -0.05) is 63.4 Å². The van der Waals surface area contributed by atoms with Crippen LogP contribution in [0.1, 0.15) is 11.1 Å². The molecule has 0 N–H and O–H groups in total. The van der Waals surface area contributed by atoms with Crippen LogP contribution in [0.4, 0.5) is 0 Å². The summed E-state index contributed by atoms with van der Waals surface area (Å²) in [6.45, 7) is 0. The molecule has 0 bridgehead atoms. The maximum absolute atomic E-state index is 6.22. The van der Waals surface area contributed by atoms with Crippen molar-refractivity contribution in [1.29, 1.82) is 0 Å². The molecule has 1 nitrogen and oxygen atoms in total. The monoisotopic (exact) mass is 370 g/mol. The fourth-order valence-electron chi connectivity index (χ4n) is 1.90. The van der Waals surface area contributed by atoms with Crippen molar-refractivity contribution < 1.29 is 4.74 Å². The summed E-state index contributed by atoms with van der Waals surface area (Å²) in [6, 6.07) is 13.4. The highest BCUT2D eigenvalue weighted by atomic mass is 79.9. The Balaban J connectivity index is 2.48. The molecule has 0 aliphatic carbocycles. The Labute approximate surface area is 137 Å². The quantitative estimate of drug-likeness (QED) is 0.477. The van der Waals surface area contributed by atoms with E-state index in [-0.39, 0.29) is 0 Å². The summed E-state index contributed by atoms with van der Waals surface area (Å²) in [5, 5.41) is 1.96. The standard InChI is InChI=1S/C16H13BrCl2O/c1-20-16-5-3-2-4-14(16)12(10-17)8-11-6-7-13(18)9-15(11)19/h2-9H,10H2,1H3/b12-8+. The van der Waals surface area contributed by atoms with Crippen LogP contribution in [0.3, 0.4) is 0 Å². The minimum absolute atomic E-state index is 0.629. The number of para-hydroxylation sites is 1. The zero-order chi connectivity index (χ0) is 14.5. The lowest BCUT2D eigenvalue weighted by Crippen LogP contribution is -1.92. The molecule has 0 heterocycles. The second kappa shape index (κ2) is 7.16. The first-order valence-electron chi connectivity index (χ1n) is 6.00. The molecule has 0 aliphatic rings. The fraction of sp³-hybridized carbons (Fsp3) is 0.125. The van der Waals surface area contributed by atoms with E-state index in [1.165, 1.54) is 0 Å². The summed E-state index contributed by atoms with van der Waals surface area (Å²) in [5.74, 6) is 0.836. The van der Waals surface area contributed by atoms with Gasteiger partial charge in [0.2, 0.25) is 0 Å². The van der Waals surface area contributed by atoms with Crippen LogP contribution in [0.2, 0.25) is 10.0 Å². The number of methoxy groups -OCH3 is 1. The maximum Gasteiger partial charge on any atom is 0.126 e. The number of benzene rings is 2. The lowest BCUT2D eigenvalue weighted by Gasteiger charge is -2.10. The lowest BCUT2D eigenvalue weighted by molar-refractivity contribution is 0.413. The van der Waals surface area contributed by atoms with Gasteiger partial charge in [-0.25, -0.2) is 0 Å². The van der Waals surface area contributed by atoms with Crippen molar-refractivity contribution in [2.75, 3.05) is 12.4 Å². The molecule has 4 heteroatoms. The van der Waals surface area contributed by atoms with E-state index in [1.54, 1.807) is 13.2 Å². The number of hydrogen-bond acceptors (Lipinski definition) is 1. The van der Waals surface area contributed by atoms with Crippen LogP contribution in [0, 0.1) is 0 Å². The minimum Gasteiger partial charge on any atom is -0.496 e. The van der Waals surface area contributed by atoms with E-state index < -0.39 is 0 Å². The van der Waals surface area contributed by atoms with Gasteiger partial charge in [-0.2, -0.15) is 0 Å². The average molecular weight is 372 g/mol. The van der Waals surface area contributed by atoms with Crippen molar-refractivity contribution in [2.45, 2.75) is 0 Å². The molecule has 104 valence electrons. The van der Waals surface area contributed by atoms with Gasteiger partial charge < -0.3 is 4.74 Å². The molecule has 2 aromatic rings. The Bertz CT molecular complexity index is 638. The first-order chi connectivity index (χ1) is 9.65. The molecule has 2 rings (SSSR count). The van der Waals surface area contributed by atoms with Gasteiger partial charge in [0, 0.05) is 20.9 Å². The van der Waals surface area contributed by atoms with Crippen molar-refractivity contribution in [3.63, 3.8) is 0 Å². The summed E-state index contributed by atoms with van der Waals surface area (Å²) in [4.78, 5) is 0. The Hall–Kier alpha value is -0.960. The highest BCUT2D eigenvalue weighted by Crippen LogP contribution is 2.31. The third-order valence-corrected chi connectivity index (χ3v) is 4.06. The zero-order valence-electron chi connectivity index (χ0n) is 10.9. The van der Waals surface area contributed by atoms with Crippen LogP contribution in [0.5, 0.6) is 5.75 Å². The van der Waals surface area contributed by atoms with Gasteiger partial charge in [-0.3, -0.25) is 0 Å². The van der Waals surface area contributed by atoms with Gasteiger partial charge in [0.05, 0.1) is 7.11 Å². The summed E-state index contributed by atoms with van der Waals surface area (Å²) in [7, 11) is 1.67. The Morgan fingerprint density at radius 2 is 1.95 bits per heavy atom. The summed E-state index contributed by atoms with van der Waals surface area (Å²) in [6.07, 6.45) is 2.03. The molecule has 0 unspecified atom stereocenters. The molecule has 0 fully saturated rings. The molecule has 0 saturated heterocycles. The topological polar surface area (TPSA) is 9.23 Å². The van der Waals surface area contributed by atoms with E-state index >= 15 is 0 Å². The van der Waals surface area contributed by atoms with Gasteiger partial charge in [0.25, 0.3) is 0 Å². The van der Waals surface area contributed by atoms with E-state index in [0.717, 1.165) is 22.4 Å². The second-order valence-electron chi connectivity index (χ2n) is 4.17. The molecular formula is C16H13BrCl2O. The third-order valence-electron chi connectivity index (χ3n) is 2.89. The molecule has 0 aliphatic heterocycles. The normalized spacial score (nSPS) is 11.5. The van der Waals surface area contributed by atoms with Crippen LogP contribution >= 0.6 is 39.1 Å². The Morgan fingerprint density at radius 1 is 1.20 bits per heavy atom. The minimum atomic E-state index is 0.629. The molecule has 0 amide bonds. The molecular weight excluding hydrogens is 359 g/mol. The first kappa shape index (κ1) is 15.4. The van der Waals surface area contributed by atoms with Crippen molar-refractivity contribution in [3.05, 3.63) is 63.6 Å². The number of halogens is 3. The average Bonchev–Trinajstić information content (AvgIpc) is 2.46. The molecule has 0 aromatic heterocycles. The number of ether oxygens (including phenoxy) is 1. The largest absolute Gasteiger partial charge is 0.496 e. The summed E-state index contributed by atoms with van der Waals surface area (Å²) in [5.41, 5.74) is 3.06. The molecule has 2 aromatic carbocycles. The second-order valence-corrected chi connectivity index (χ2v) is 5.57.